The third-order valence-electron chi connectivity index (χ3n) is 4.61. The smallest absolute Gasteiger partial charge is 0.351 e. The van der Waals surface area contributed by atoms with Gasteiger partial charge in [-0.2, -0.15) is 0 Å². The minimum atomic E-state index is -0.835. The molecule has 0 spiro atoms. The van der Waals surface area contributed by atoms with Gasteiger partial charge in [0.25, 0.3) is 5.91 Å². The number of hydrogen-bond acceptors (Lipinski definition) is 5. The van der Waals surface area contributed by atoms with Crippen molar-refractivity contribution in [2.45, 2.75) is 38.6 Å². The molecule has 2 aromatic rings. The summed E-state index contributed by atoms with van der Waals surface area (Å²) >= 11 is 0. The van der Waals surface area contributed by atoms with Crippen LogP contribution in [0.5, 0.6) is 0 Å². The molecule has 25 heavy (non-hydrogen) atoms. The number of ether oxygens (including phenoxy) is 1. The van der Waals surface area contributed by atoms with E-state index < -0.39 is 11.6 Å². The molecule has 1 aliphatic heterocycles. The quantitative estimate of drug-likeness (QED) is 0.630. The normalized spacial score (nSPS) is 17.5. The summed E-state index contributed by atoms with van der Waals surface area (Å²) in [6, 6.07) is 8.54. The summed E-state index contributed by atoms with van der Waals surface area (Å²) in [5, 5.41) is 0.627. The zero-order valence-corrected chi connectivity index (χ0v) is 14.2. The van der Waals surface area contributed by atoms with E-state index in [1.54, 1.807) is 29.2 Å². The minimum absolute atomic E-state index is 0.197. The second kappa shape index (κ2) is 7.51. The summed E-state index contributed by atoms with van der Waals surface area (Å²) < 4.78 is 10.2. The first-order valence-corrected chi connectivity index (χ1v) is 8.59. The zero-order chi connectivity index (χ0) is 17.8. The van der Waals surface area contributed by atoms with E-state index >= 15 is 0 Å². The summed E-state index contributed by atoms with van der Waals surface area (Å²) in [7, 11) is 0. The van der Waals surface area contributed by atoms with Crippen molar-refractivity contribution >= 4 is 22.8 Å². The highest BCUT2D eigenvalue weighted by Gasteiger charge is 2.26. The number of benzene rings is 1. The molecular weight excluding hydrogens is 322 g/mol. The predicted octanol–water partition coefficient (Wildman–Crippen LogP) is 2.74. The van der Waals surface area contributed by atoms with Crippen LogP contribution in [0.1, 0.15) is 43.0 Å². The Morgan fingerprint density at radius 1 is 1.28 bits per heavy atom. The van der Waals surface area contributed by atoms with Crippen LogP contribution >= 0.6 is 0 Å². The van der Waals surface area contributed by atoms with Crippen molar-refractivity contribution in [1.82, 2.24) is 4.90 Å². The second-order valence-corrected chi connectivity index (χ2v) is 6.21. The number of fused-ring (bicyclic) bond motifs is 1. The number of hydrogen-bond donors (Lipinski definition) is 0. The Kier molecular flexibility index (Phi) is 5.16. The highest BCUT2D eigenvalue weighted by Crippen LogP contribution is 2.19. The Morgan fingerprint density at radius 3 is 2.88 bits per heavy atom. The van der Waals surface area contributed by atoms with E-state index in [4.69, 9.17) is 9.15 Å². The Labute approximate surface area is 145 Å². The molecule has 1 unspecified atom stereocenters. The molecule has 132 valence electrons. The van der Waals surface area contributed by atoms with Crippen LogP contribution in [0.25, 0.3) is 11.0 Å². The Hall–Kier alpha value is -2.63. The van der Waals surface area contributed by atoms with Gasteiger partial charge in [0, 0.05) is 18.0 Å². The maximum Gasteiger partial charge on any atom is 0.351 e. The average Bonchev–Trinajstić information content (AvgIpc) is 2.65. The van der Waals surface area contributed by atoms with Gasteiger partial charge in [-0.25, -0.2) is 9.59 Å². The standard InChI is InChI=1S/C19H21NO5/c1-2-14-8-5-6-10-20(14)17(21)12-24-18(22)15-11-13-7-3-4-9-16(13)25-19(15)23/h3-4,7,9,11,14H,2,5-6,8,10,12H2,1H3. The molecule has 1 aromatic carbocycles. The lowest BCUT2D eigenvalue weighted by molar-refractivity contribution is -0.138. The molecule has 1 atom stereocenters. The van der Waals surface area contributed by atoms with E-state index in [9.17, 15) is 14.4 Å². The second-order valence-electron chi connectivity index (χ2n) is 6.21. The summed E-state index contributed by atoms with van der Waals surface area (Å²) in [5.74, 6) is -1.05. The molecule has 6 nitrogen and oxygen atoms in total. The van der Waals surface area contributed by atoms with Crippen LogP contribution in [0.15, 0.2) is 39.5 Å². The Bertz CT molecular complexity index is 841. The van der Waals surface area contributed by atoms with Crippen molar-refractivity contribution in [3.05, 3.63) is 46.3 Å². The topological polar surface area (TPSA) is 76.8 Å². The molecule has 1 aliphatic rings. The van der Waals surface area contributed by atoms with Gasteiger partial charge in [-0.15, -0.1) is 0 Å². The molecule has 1 aromatic heterocycles. The fraction of sp³-hybridized carbons (Fsp3) is 0.421. The number of amides is 1. The SMILES string of the molecule is CCC1CCCCN1C(=O)COC(=O)c1cc2ccccc2oc1=O. The van der Waals surface area contributed by atoms with E-state index in [0.717, 1.165) is 25.7 Å². The number of piperidine rings is 1. The first-order chi connectivity index (χ1) is 12.1. The molecule has 0 aliphatic carbocycles. The lowest BCUT2D eigenvalue weighted by Crippen LogP contribution is -2.45. The van der Waals surface area contributed by atoms with Crippen LogP contribution in [-0.2, 0) is 9.53 Å². The van der Waals surface area contributed by atoms with Crippen LogP contribution in [0.2, 0.25) is 0 Å². The van der Waals surface area contributed by atoms with Gasteiger partial charge < -0.3 is 14.1 Å². The number of carbonyl (C=O) groups excluding carboxylic acids is 2. The van der Waals surface area contributed by atoms with Crippen molar-refractivity contribution < 1.29 is 18.7 Å². The Balaban J connectivity index is 1.69. The first-order valence-electron chi connectivity index (χ1n) is 8.59. The number of esters is 1. The molecule has 3 rings (SSSR count). The fourth-order valence-corrected chi connectivity index (χ4v) is 3.25. The number of para-hydroxylation sites is 1. The molecule has 0 N–H and O–H groups in total. The summed E-state index contributed by atoms with van der Waals surface area (Å²) in [4.78, 5) is 38.3. The monoisotopic (exact) mass is 343 g/mol. The van der Waals surface area contributed by atoms with Gasteiger partial charge in [0.15, 0.2) is 6.61 Å². The largest absolute Gasteiger partial charge is 0.452 e. The van der Waals surface area contributed by atoms with E-state index in [-0.39, 0.29) is 24.1 Å². The van der Waals surface area contributed by atoms with Crippen molar-refractivity contribution in [2.75, 3.05) is 13.2 Å². The molecule has 1 fully saturated rings. The van der Waals surface area contributed by atoms with Gasteiger partial charge in [-0.05, 0) is 37.8 Å². The van der Waals surface area contributed by atoms with E-state index in [0.29, 0.717) is 17.5 Å². The molecule has 2 heterocycles. The van der Waals surface area contributed by atoms with Crippen molar-refractivity contribution in [1.29, 1.82) is 0 Å². The van der Waals surface area contributed by atoms with Crippen molar-refractivity contribution in [2.24, 2.45) is 0 Å². The molecule has 6 heteroatoms. The average molecular weight is 343 g/mol. The van der Waals surface area contributed by atoms with Gasteiger partial charge in [0.1, 0.15) is 11.1 Å². The number of rotatable bonds is 4. The van der Waals surface area contributed by atoms with E-state index in [1.165, 1.54) is 6.07 Å². The molecule has 1 saturated heterocycles. The molecule has 0 radical (unpaired) electrons. The van der Waals surface area contributed by atoms with Crippen molar-refractivity contribution in [3.63, 3.8) is 0 Å². The molecule has 0 saturated carbocycles. The van der Waals surface area contributed by atoms with Gasteiger partial charge >= 0.3 is 11.6 Å². The zero-order valence-electron chi connectivity index (χ0n) is 14.2. The molecular formula is C19H21NO5. The van der Waals surface area contributed by atoms with Crippen LogP contribution in [0.4, 0.5) is 0 Å². The highest BCUT2D eigenvalue weighted by atomic mass is 16.5. The van der Waals surface area contributed by atoms with Gasteiger partial charge in [-0.1, -0.05) is 25.1 Å². The Morgan fingerprint density at radius 2 is 2.08 bits per heavy atom. The van der Waals surface area contributed by atoms with E-state index in [2.05, 4.69) is 0 Å². The maximum absolute atomic E-state index is 12.3. The number of likely N-dealkylation sites (tertiary alicyclic amines) is 1. The van der Waals surface area contributed by atoms with E-state index in [1.807, 2.05) is 6.92 Å². The first kappa shape index (κ1) is 17.2. The fourth-order valence-electron chi connectivity index (χ4n) is 3.25. The van der Waals surface area contributed by atoms with Gasteiger partial charge in [0.2, 0.25) is 0 Å². The van der Waals surface area contributed by atoms with Gasteiger partial charge in [-0.3, -0.25) is 4.79 Å². The van der Waals surface area contributed by atoms with Crippen LogP contribution in [-0.4, -0.2) is 36.0 Å². The van der Waals surface area contributed by atoms with Crippen LogP contribution in [0, 0.1) is 0 Å². The highest BCUT2D eigenvalue weighted by molar-refractivity contribution is 5.94. The molecule has 0 bridgehead atoms. The van der Waals surface area contributed by atoms with Crippen LogP contribution in [0.3, 0.4) is 0 Å². The third kappa shape index (κ3) is 3.73. The number of nitrogens with zero attached hydrogens (tertiary/aromatic N) is 1. The predicted molar refractivity (Wildman–Crippen MR) is 92.4 cm³/mol. The summed E-state index contributed by atoms with van der Waals surface area (Å²) in [5.41, 5.74) is -0.558. The lowest BCUT2D eigenvalue weighted by Gasteiger charge is -2.35. The van der Waals surface area contributed by atoms with Gasteiger partial charge in [0.05, 0.1) is 0 Å². The van der Waals surface area contributed by atoms with Crippen LogP contribution < -0.4 is 5.63 Å². The summed E-state index contributed by atoms with van der Waals surface area (Å²) in [6.07, 6.45) is 3.93. The lowest BCUT2D eigenvalue weighted by atomic mass is 10.00. The summed E-state index contributed by atoms with van der Waals surface area (Å²) in [6.45, 7) is 2.37. The minimum Gasteiger partial charge on any atom is -0.452 e. The van der Waals surface area contributed by atoms with Crippen molar-refractivity contribution in [3.8, 4) is 0 Å². The maximum atomic E-state index is 12.3. The third-order valence-corrected chi connectivity index (χ3v) is 4.61. The number of carbonyl (C=O) groups is 2. The molecule has 1 amide bonds.